The van der Waals surface area contributed by atoms with Crippen LogP contribution in [0.15, 0.2) is 72.1 Å². The van der Waals surface area contributed by atoms with Crippen molar-refractivity contribution in [1.29, 1.82) is 1.23 Å². The largest absolute Gasteiger partial charge is 0.495 e. The van der Waals surface area contributed by atoms with E-state index in [-0.39, 0.29) is 23.9 Å². The van der Waals surface area contributed by atoms with E-state index in [9.17, 15) is 0 Å². The van der Waals surface area contributed by atoms with E-state index < -0.39 is 8.73 Å². The van der Waals surface area contributed by atoms with Crippen molar-refractivity contribution >= 4 is 8.73 Å². The van der Waals surface area contributed by atoms with E-state index in [0.29, 0.717) is 19.8 Å². The van der Waals surface area contributed by atoms with Crippen LogP contribution in [0.5, 0.6) is 0 Å². The first-order chi connectivity index (χ1) is 15.1. The van der Waals surface area contributed by atoms with Crippen molar-refractivity contribution in [3.8, 4) is 0 Å². The van der Waals surface area contributed by atoms with Crippen molar-refractivity contribution < 1.29 is 18.9 Å². The lowest BCUT2D eigenvalue weighted by atomic mass is 10.0. The van der Waals surface area contributed by atoms with Crippen LogP contribution in [-0.2, 0) is 32.2 Å². The highest BCUT2D eigenvalue weighted by Crippen LogP contribution is 2.27. The molecule has 0 saturated heterocycles. The molecule has 3 rings (SSSR count). The minimum atomic E-state index is -2.44. The summed E-state index contributed by atoms with van der Waals surface area (Å²) in [5.74, 6) is 0. The second-order valence-corrected chi connectivity index (χ2v) is 11.6. The topological polar surface area (TPSA) is 36.9 Å². The second kappa shape index (κ2) is 11.1. The molecule has 1 aliphatic heterocycles. The molecule has 3 atom stereocenters. The van der Waals surface area contributed by atoms with Crippen molar-refractivity contribution in [3.05, 3.63) is 83.2 Å². The Morgan fingerprint density at radius 1 is 0.903 bits per heavy atom. The maximum atomic E-state index is 8.67. The van der Waals surface area contributed by atoms with Gasteiger partial charge in [0.1, 0.15) is 27.0 Å². The lowest BCUT2D eigenvalue weighted by molar-refractivity contribution is -0.161. The molecule has 1 heterocycles. The van der Waals surface area contributed by atoms with Gasteiger partial charge in [0.05, 0.1) is 30.8 Å². The van der Waals surface area contributed by atoms with Gasteiger partial charge in [0, 0.05) is 1.23 Å². The quantitative estimate of drug-likeness (QED) is 0.496. The standard InChI is InChI=1S/C26H36O4Si/c1-26(2,3)29-19-23-25(28-18-21-14-10-7-11-15-21)22(16-24(30-23)31(4)5)27-17-20-12-8-6-9-13-20/h6-16,22-23,25,31H,17-19H2,1-5H3/t22-,23-,25+/m1/s1/i31D. The number of ether oxygens (including phenoxy) is 4. The van der Waals surface area contributed by atoms with Gasteiger partial charge in [-0.15, -0.1) is 0 Å². The Morgan fingerprint density at radius 2 is 1.45 bits per heavy atom. The van der Waals surface area contributed by atoms with Gasteiger partial charge < -0.3 is 18.9 Å². The molecule has 31 heavy (non-hydrogen) atoms. The molecule has 168 valence electrons. The predicted octanol–water partition coefficient (Wildman–Crippen LogP) is 5.28. The zero-order chi connectivity index (χ0) is 23.2. The normalized spacial score (nSPS) is 22.4. The van der Waals surface area contributed by atoms with E-state index in [1.54, 1.807) is 0 Å². The minimum Gasteiger partial charge on any atom is -0.495 e. The first-order valence-electron chi connectivity index (χ1n) is 11.5. The lowest BCUT2D eigenvalue weighted by Gasteiger charge is -2.39. The summed E-state index contributed by atoms with van der Waals surface area (Å²) in [6, 6.07) is 20.2. The van der Waals surface area contributed by atoms with Crippen LogP contribution in [0.3, 0.4) is 0 Å². The molecule has 0 N–H and O–H groups in total. The molecule has 0 unspecified atom stereocenters. The van der Waals surface area contributed by atoms with Gasteiger partial charge in [-0.25, -0.2) is 0 Å². The zero-order valence-electron chi connectivity index (χ0n) is 20.3. The lowest BCUT2D eigenvalue weighted by Crippen LogP contribution is -2.49. The highest BCUT2D eigenvalue weighted by Gasteiger charge is 2.38. The van der Waals surface area contributed by atoms with Crippen LogP contribution in [0.1, 0.15) is 31.9 Å². The fourth-order valence-corrected chi connectivity index (χ4v) is 4.23. The molecule has 0 fully saturated rings. The van der Waals surface area contributed by atoms with Gasteiger partial charge in [0.15, 0.2) is 0 Å². The Bertz CT molecular complexity index is 859. The molecule has 0 aromatic heterocycles. The second-order valence-electron chi connectivity index (χ2n) is 9.13. The monoisotopic (exact) mass is 441 g/mol. The average molecular weight is 442 g/mol. The van der Waals surface area contributed by atoms with Crippen molar-refractivity contribution in [1.82, 2.24) is 0 Å². The third-order valence-corrected chi connectivity index (χ3v) is 6.30. The summed E-state index contributed by atoms with van der Waals surface area (Å²) in [7, 11) is -2.44. The SMILES string of the molecule is [2H][Si](C)(C)C1=C[C@@H](OCc2ccccc2)[C@H](OCc2ccccc2)[C@@H](COC(C)(C)C)O1. The van der Waals surface area contributed by atoms with Crippen LogP contribution in [-0.4, -0.2) is 40.5 Å². The van der Waals surface area contributed by atoms with Gasteiger partial charge in [0.2, 0.25) is 0 Å². The third-order valence-electron chi connectivity index (χ3n) is 5.03. The number of hydrogen-bond acceptors (Lipinski definition) is 4. The van der Waals surface area contributed by atoms with Gasteiger partial charge in [-0.3, -0.25) is 0 Å². The van der Waals surface area contributed by atoms with Crippen LogP contribution in [0.25, 0.3) is 0 Å². The molecule has 0 aliphatic carbocycles. The highest BCUT2D eigenvalue weighted by molar-refractivity contribution is 6.63. The third kappa shape index (κ3) is 7.61. The maximum Gasteiger partial charge on any atom is 0.150 e. The summed E-state index contributed by atoms with van der Waals surface area (Å²) in [6.07, 6.45) is 0.941. The Hall–Kier alpha value is -1.92. The first-order valence-corrected chi connectivity index (χ1v) is 13.5. The average Bonchev–Trinajstić information content (AvgIpc) is 2.75. The highest BCUT2D eigenvalue weighted by atomic mass is 28.3. The summed E-state index contributed by atoms with van der Waals surface area (Å²) < 4.78 is 33.8. The van der Waals surface area contributed by atoms with Crippen LogP contribution in [0, 0.1) is 0 Å². The van der Waals surface area contributed by atoms with E-state index in [2.05, 4.69) is 0 Å². The molecule has 5 heteroatoms. The fraction of sp³-hybridized carbons (Fsp3) is 0.462. The van der Waals surface area contributed by atoms with Gasteiger partial charge in [-0.05, 0) is 38.0 Å². The summed E-state index contributed by atoms with van der Waals surface area (Å²) >= 11 is 0. The molecule has 4 nitrogen and oxygen atoms in total. The van der Waals surface area contributed by atoms with E-state index in [1.165, 1.54) is 0 Å². The van der Waals surface area contributed by atoms with Crippen LogP contribution < -0.4 is 0 Å². The summed E-state index contributed by atoms with van der Waals surface area (Å²) in [6.45, 7) is 11.3. The van der Waals surface area contributed by atoms with Crippen molar-refractivity contribution in [2.45, 2.75) is 71.0 Å². The molecule has 0 radical (unpaired) electrons. The van der Waals surface area contributed by atoms with E-state index in [4.69, 9.17) is 20.2 Å². The molecule has 2 aromatic carbocycles. The molecule has 0 saturated carbocycles. The Kier molecular flexibility index (Phi) is 7.97. The summed E-state index contributed by atoms with van der Waals surface area (Å²) in [5, 5.41) is 0.720. The molecular formula is C26H36O4Si. The number of benzene rings is 2. The smallest absolute Gasteiger partial charge is 0.150 e. The minimum absolute atomic E-state index is 0.303. The zero-order valence-corrected chi connectivity index (χ0v) is 20.3. The number of rotatable bonds is 9. The van der Waals surface area contributed by atoms with Crippen molar-refractivity contribution in [3.63, 3.8) is 0 Å². The molecular weight excluding hydrogens is 404 g/mol. The van der Waals surface area contributed by atoms with Gasteiger partial charge in [-0.2, -0.15) is 0 Å². The predicted molar refractivity (Wildman–Crippen MR) is 128 cm³/mol. The fourth-order valence-electron chi connectivity index (χ4n) is 3.35. The molecule has 0 amide bonds. The Labute approximate surface area is 190 Å². The molecule has 2 aromatic rings. The van der Waals surface area contributed by atoms with Crippen LogP contribution in [0.4, 0.5) is 0 Å². The van der Waals surface area contributed by atoms with Gasteiger partial charge >= 0.3 is 0 Å². The summed E-state index contributed by atoms with van der Waals surface area (Å²) in [4.78, 5) is 0. The first kappa shape index (κ1) is 22.3. The molecule has 1 aliphatic rings. The van der Waals surface area contributed by atoms with Crippen LogP contribution >= 0.6 is 0 Å². The van der Waals surface area contributed by atoms with E-state index in [0.717, 1.165) is 16.5 Å². The van der Waals surface area contributed by atoms with Gasteiger partial charge in [-0.1, -0.05) is 73.8 Å². The molecule has 0 bridgehead atoms. The van der Waals surface area contributed by atoms with Crippen molar-refractivity contribution in [2.75, 3.05) is 6.61 Å². The number of hydrogen-bond donors (Lipinski definition) is 0. The Balaban J connectivity index is 1.84. The van der Waals surface area contributed by atoms with Crippen LogP contribution in [0.2, 0.25) is 13.1 Å². The van der Waals surface area contributed by atoms with Crippen molar-refractivity contribution in [2.24, 2.45) is 0 Å². The molecule has 0 spiro atoms. The van der Waals surface area contributed by atoms with E-state index in [1.807, 2.05) is 101 Å². The van der Waals surface area contributed by atoms with E-state index >= 15 is 0 Å². The Morgan fingerprint density at radius 3 is 1.97 bits per heavy atom. The summed E-state index contributed by atoms with van der Waals surface area (Å²) in [5.41, 5.74) is 1.89. The maximum absolute atomic E-state index is 8.67. The van der Waals surface area contributed by atoms with Gasteiger partial charge in [0.25, 0.3) is 0 Å².